The van der Waals surface area contributed by atoms with E-state index in [1.807, 2.05) is 18.3 Å². The summed E-state index contributed by atoms with van der Waals surface area (Å²) in [6.07, 6.45) is 6.33. The lowest BCUT2D eigenvalue weighted by atomic mass is 10.1. The van der Waals surface area contributed by atoms with Gasteiger partial charge in [-0.1, -0.05) is 25.1 Å². The molecular weight excluding hydrogens is 298 g/mol. The van der Waals surface area contributed by atoms with Crippen LogP contribution in [-0.2, 0) is 13.0 Å². The minimum atomic E-state index is -0.923. The number of carbonyl (C=O) groups is 1. The Balaban J connectivity index is 1.90. The third-order valence-corrected chi connectivity index (χ3v) is 4.42. The zero-order valence-electron chi connectivity index (χ0n) is 12.1. The van der Waals surface area contributed by atoms with E-state index in [-0.39, 0.29) is 0 Å². The van der Waals surface area contributed by atoms with Gasteiger partial charge >= 0.3 is 5.97 Å². The van der Waals surface area contributed by atoms with E-state index in [0.717, 1.165) is 22.1 Å². The predicted octanol–water partition coefficient (Wildman–Crippen LogP) is 3.32. The van der Waals surface area contributed by atoms with E-state index >= 15 is 0 Å². The van der Waals surface area contributed by atoms with Crippen molar-refractivity contribution in [2.45, 2.75) is 19.9 Å². The first kappa shape index (κ1) is 14.5. The molecule has 0 aliphatic rings. The molecule has 6 heteroatoms. The molecule has 3 aromatic rings. The molecule has 22 heavy (non-hydrogen) atoms. The maximum Gasteiger partial charge on any atom is 0.336 e. The van der Waals surface area contributed by atoms with Gasteiger partial charge in [-0.25, -0.2) is 14.8 Å². The molecule has 0 spiro atoms. The number of thiazole rings is 1. The molecule has 0 atom stereocenters. The molecule has 112 valence electrons. The van der Waals surface area contributed by atoms with Gasteiger partial charge in [0, 0.05) is 30.6 Å². The summed E-state index contributed by atoms with van der Waals surface area (Å²) in [5.41, 5.74) is 1.01. The number of aryl methyl sites for hydroxylation is 1. The van der Waals surface area contributed by atoms with Crippen molar-refractivity contribution in [3.63, 3.8) is 0 Å². The number of benzene rings is 1. The molecule has 1 N–H and O–H groups in total. The van der Waals surface area contributed by atoms with Crippen molar-refractivity contribution >= 4 is 17.3 Å². The quantitative estimate of drug-likeness (QED) is 0.784. The highest BCUT2D eigenvalue weighted by Gasteiger charge is 2.14. The van der Waals surface area contributed by atoms with Crippen molar-refractivity contribution in [3.05, 3.63) is 59.3 Å². The molecule has 2 heterocycles. The minimum absolute atomic E-state index is 0.301. The van der Waals surface area contributed by atoms with Crippen LogP contribution in [0.25, 0.3) is 10.4 Å². The molecule has 5 nitrogen and oxygen atoms in total. The van der Waals surface area contributed by atoms with Crippen molar-refractivity contribution in [1.29, 1.82) is 0 Å². The summed E-state index contributed by atoms with van der Waals surface area (Å²) < 4.78 is 2.06. The van der Waals surface area contributed by atoms with Crippen LogP contribution >= 0.6 is 11.3 Å². The first-order valence-corrected chi connectivity index (χ1v) is 7.78. The molecule has 0 amide bonds. The summed E-state index contributed by atoms with van der Waals surface area (Å²) >= 11 is 1.51. The van der Waals surface area contributed by atoms with Crippen LogP contribution in [0.5, 0.6) is 0 Å². The molecule has 0 radical (unpaired) electrons. The Morgan fingerprint density at radius 2 is 2.14 bits per heavy atom. The number of aromatic nitrogens is 3. The molecule has 0 saturated heterocycles. The predicted molar refractivity (Wildman–Crippen MR) is 85.2 cm³/mol. The number of rotatable bonds is 5. The van der Waals surface area contributed by atoms with Gasteiger partial charge in [-0.05, 0) is 6.07 Å². The van der Waals surface area contributed by atoms with E-state index in [0.29, 0.717) is 17.7 Å². The second-order valence-electron chi connectivity index (χ2n) is 4.79. The van der Waals surface area contributed by atoms with Gasteiger partial charge in [0.25, 0.3) is 0 Å². The molecule has 0 unspecified atom stereocenters. The summed E-state index contributed by atoms with van der Waals surface area (Å²) in [7, 11) is 0. The Labute approximate surface area is 131 Å². The molecule has 0 bridgehead atoms. The van der Waals surface area contributed by atoms with Crippen LogP contribution in [-0.4, -0.2) is 25.6 Å². The minimum Gasteiger partial charge on any atom is -0.478 e. The Morgan fingerprint density at radius 1 is 1.32 bits per heavy atom. The van der Waals surface area contributed by atoms with Gasteiger partial charge in [0.15, 0.2) is 0 Å². The van der Waals surface area contributed by atoms with E-state index in [9.17, 15) is 9.90 Å². The molecule has 0 aliphatic carbocycles. The molecular formula is C16H15N3O2S. The van der Waals surface area contributed by atoms with Crippen LogP contribution in [0, 0.1) is 0 Å². The fraction of sp³-hybridized carbons (Fsp3) is 0.188. The average molecular weight is 313 g/mol. The number of aromatic carboxylic acids is 1. The SMILES string of the molecule is CCc1nccn1Cc1ncc(-c2ccccc2C(=O)O)s1. The van der Waals surface area contributed by atoms with Crippen LogP contribution in [0.3, 0.4) is 0 Å². The van der Waals surface area contributed by atoms with E-state index < -0.39 is 5.97 Å². The Morgan fingerprint density at radius 3 is 2.91 bits per heavy atom. The summed E-state index contributed by atoms with van der Waals surface area (Å²) in [6, 6.07) is 7.00. The molecule has 0 saturated carbocycles. The molecule has 1 aromatic carbocycles. The maximum absolute atomic E-state index is 11.3. The molecule has 0 fully saturated rings. The summed E-state index contributed by atoms with van der Waals surface area (Å²) in [5, 5.41) is 10.2. The molecule has 0 aliphatic heterocycles. The monoisotopic (exact) mass is 313 g/mol. The van der Waals surface area contributed by atoms with Gasteiger partial charge in [0.2, 0.25) is 0 Å². The highest BCUT2D eigenvalue weighted by Crippen LogP contribution is 2.29. The number of hydrogen-bond acceptors (Lipinski definition) is 4. The van der Waals surface area contributed by atoms with E-state index in [4.69, 9.17) is 0 Å². The van der Waals surface area contributed by atoms with Gasteiger partial charge < -0.3 is 9.67 Å². The zero-order valence-corrected chi connectivity index (χ0v) is 12.9. The number of carboxylic acid groups (broad SMARTS) is 1. The van der Waals surface area contributed by atoms with Gasteiger partial charge in [-0.3, -0.25) is 0 Å². The van der Waals surface area contributed by atoms with E-state index in [2.05, 4.69) is 21.5 Å². The second kappa shape index (κ2) is 6.11. The average Bonchev–Trinajstić information content (AvgIpc) is 3.16. The summed E-state index contributed by atoms with van der Waals surface area (Å²) in [6.45, 7) is 2.72. The zero-order chi connectivity index (χ0) is 15.5. The lowest BCUT2D eigenvalue weighted by molar-refractivity contribution is 0.0698. The topological polar surface area (TPSA) is 68.0 Å². The van der Waals surface area contributed by atoms with Gasteiger partial charge in [-0.15, -0.1) is 11.3 Å². The van der Waals surface area contributed by atoms with Crippen LogP contribution in [0.4, 0.5) is 0 Å². The first-order valence-electron chi connectivity index (χ1n) is 6.96. The Hall–Kier alpha value is -2.47. The maximum atomic E-state index is 11.3. The fourth-order valence-corrected chi connectivity index (χ4v) is 3.29. The smallest absolute Gasteiger partial charge is 0.336 e. The molecule has 3 rings (SSSR count). The third-order valence-electron chi connectivity index (χ3n) is 3.40. The Kier molecular flexibility index (Phi) is 4.02. The summed E-state index contributed by atoms with van der Waals surface area (Å²) in [4.78, 5) is 20.9. The standard InChI is InChI=1S/C16H15N3O2S/c1-2-14-17-7-8-19(14)10-15-18-9-13(22-15)11-5-3-4-6-12(11)16(20)21/h3-9H,2,10H2,1H3,(H,20,21). The van der Waals surface area contributed by atoms with Crippen LogP contribution < -0.4 is 0 Å². The van der Waals surface area contributed by atoms with Crippen molar-refractivity contribution in [1.82, 2.24) is 14.5 Å². The highest BCUT2D eigenvalue weighted by molar-refractivity contribution is 7.15. The van der Waals surface area contributed by atoms with Crippen LogP contribution in [0.1, 0.15) is 28.1 Å². The lowest BCUT2D eigenvalue weighted by Gasteiger charge is -2.03. The van der Waals surface area contributed by atoms with E-state index in [1.54, 1.807) is 24.5 Å². The first-order chi connectivity index (χ1) is 10.7. The summed E-state index contributed by atoms with van der Waals surface area (Å²) in [5.74, 6) is 0.0936. The van der Waals surface area contributed by atoms with Crippen molar-refractivity contribution < 1.29 is 9.90 Å². The largest absolute Gasteiger partial charge is 0.478 e. The van der Waals surface area contributed by atoms with Crippen molar-refractivity contribution in [2.24, 2.45) is 0 Å². The lowest BCUT2D eigenvalue weighted by Crippen LogP contribution is -2.02. The number of nitrogens with zero attached hydrogens (tertiary/aromatic N) is 3. The highest BCUT2D eigenvalue weighted by atomic mass is 32.1. The second-order valence-corrected chi connectivity index (χ2v) is 5.91. The van der Waals surface area contributed by atoms with Gasteiger partial charge in [0.05, 0.1) is 17.0 Å². The number of hydrogen-bond donors (Lipinski definition) is 1. The van der Waals surface area contributed by atoms with Gasteiger partial charge in [-0.2, -0.15) is 0 Å². The Bertz CT molecular complexity index is 807. The van der Waals surface area contributed by atoms with Crippen LogP contribution in [0.15, 0.2) is 42.9 Å². The normalized spacial score (nSPS) is 10.8. The molecule has 2 aromatic heterocycles. The number of imidazole rings is 1. The van der Waals surface area contributed by atoms with Crippen molar-refractivity contribution in [2.75, 3.05) is 0 Å². The third kappa shape index (κ3) is 2.78. The number of carboxylic acids is 1. The van der Waals surface area contributed by atoms with Crippen molar-refractivity contribution in [3.8, 4) is 10.4 Å². The van der Waals surface area contributed by atoms with Gasteiger partial charge in [0.1, 0.15) is 10.8 Å². The van der Waals surface area contributed by atoms with Crippen LogP contribution in [0.2, 0.25) is 0 Å². The fourth-order valence-electron chi connectivity index (χ4n) is 2.34. The van der Waals surface area contributed by atoms with E-state index in [1.165, 1.54) is 11.3 Å².